The first-order chi connectivity index (χ1) is 13.5. The van der Waals surface area contributed by atoms with Crippen LogP contribution in [-0.2, 0) is 35.4 Å². The zero-order valence-corrected chi connectivity index (χ0v) is 16.7. The molecule has 1 atom stereocenters. The van der Waals surface area contributed by atoms with Gasteiger partial charge in [-0.1, -0.05) is 44.2 Å². The maximum atomic E-state index is 13.2. The van der Waals surface area contributed by atoms with Crippen LogP contribution < -0.4 is 5.32 Å². The summed E-state index contributed by atoms with van der Waals surface area (Å²) in [5.74, 6) is 0.230. The highest BCUT2D eigenvalue weighted by Gasteiger charge is 2.34. The van der Waals surface area contributed by atoms with Crippen LogP contribution in [0.15, 0.2) is 42.5 Å². The van der Waals surface area contributed by atoms with Gasteiger partial charge >= 0.3 is 0 Å². The van der Waals surface area contributed by atoms with Crippen LogP contribution in [0.2, 0.25) is 0 Å². The highest BCUT2D eigenvalue weighted by Crippen LogP contribution is 2.28. The van der Waals surface area contributed by atoms with Gasteiger partial charge in [-0.25, -0.2) is 0 Å². The number of carbonyl (C=O) groups excluding carboxylic acids is 2. The molecule has 0 spiro atoms. The Morgan fingerprint density at radius 2 is 1.79 bits per heavy atom. The van der Waals surface area contributed by atoms with E-state index in [0.717, 1.165) is 29.7 Å². The van der Waals surface area contributed by atoms with Gasteiger partial charge in [-0.05, 0) is 59.6 Å². The lowest BCUT2D eigenvalue weighted by molar-refractivity contribution is -0.140. The number of fused-ring (bicyclic) bond motifs is 2. The number of nitrogens with zero attached hydrogens (tertiary/aromatic N) is 1. The first-order valence-electron chi connectivity index (χ1n) is 10.3. The van der Waals surface area contributed by atoms with Crippen molar-refractivity contribution < 1.29 is 9.59 Å². The fourth-order valence-electron chi connectivity index (χ4n) is 4.36. The summed E-state index contributed by atoms with van der Waals surface area (Å²) >= 11 is 0. The Morgan fingerprint density at radius 1 is 1.04 bits per heavy atom. The van der Waals surface area contributed by atoms with Crippen LogP contribution in [0.1, 0.15) is 48.9 Å². The van der Waals surface area contributed by atoms with Gasteiger partial charge in [0.2, 0.25) is 11.8 Å². The molecule has 1 aliphatic carbocycles. The van der Waals surface area contributed by atoms with E-state index >= 15 is 0 Å². The summed E-state index contributed by atoms with van der Waals surface area (Å²) in [5, 5.41) is 3.08. The molecule has 0 bridgehead atoms. The number of nitrogens with one attached hydrogen (secondary N) is 1. The lowest BCUT2D eigenvalue weighted by atomic mass is 9.92. The standard InChI is InChI=1S/C24H28N2O2/c1-16(2)12-23(27)26-15-20-7-4-3-6-19(20)14-22(26)24(28)25-21-11-10-17-8-5-9-18(17)13-21/h3-4,6-7,10-11,13,16,22H,5,8-9,12,14-15H2,1-2H3,(H,25,28)/t22-/m0/s1. The van der Waals surface area contributed by atoms with Gasteiger partial charge in [0.05, 0.1) is 0 Å². The summed E-state index contributed by atoms with van der Waals surface area (Å²) in [6.07, 6.45) is 4.42. The van der Waals surface area contributed by atoms with Gasteiger partial charge in [0, 0.05) is 25.1 Å². The topological polar surface area (TPSA) is 49.4 Å². The number of carbonyl (C=O) groups is 2. The van der Waals surface area contributed by atoms with Gasteiger partial charge in [-0.15, -0.1) is 0 Å². The van der Waals surface area contributed by atoms with Crippen LogP contribution in [0.3, 0.4) is 0 Å². The molecule has 1 N–H and O–H groups in total. The summed E-state index contributed by atoms with van der Waals surface area (Å²) in [6, 6.07) is 13.9. The monoisotopic (exact) mass is 376 g/mol. The third-order valence-electron chi connectivity index (χ3n) is 5.82. The van der Waals surface area contributed by atoms with Crippen LogP contribution in [0.4, 0.5) is 5.69 Å². The molecule has 2 amide bonds. The molecule has 146 valence electrons. The van der Waals surface area contributed by atoms with Crippen molar-refractivity contribution in [3.8, 4) is 0 Å². The predicted octanol–water partition coefficient (Wildman–Crippen LogP) is 4.11. The fraction of sp³-hybridized carbons (Fsp3) is 0.417. The lowest BCUT2D eigenvalue weighted by Crippen LogP contribution is -2.50. The highest BCUT2D eigenvalue weighted by atomic mass is 16.2. The molecule has 4 heteroatoms. The van der Waals surface area contributed by atoms with E-state index < -0.39 is 6.04 Å². The van der Waals surface area contributed by atoms with E-state index in [-0.39, 0.29) is 17.7 Å². The molecule has 1 aliphatic heterocycles. The van der Waals surface area contributed by atoms with Crippen molar-refractivity contribution in [2.45, 2.75) is 58.5 Å². The Morgan fingerprint density at radius 3 is 2.57 bits per heavy atom. The Kier molecular flexibility index (Phi) is 5.21. The predicted molar refractivity (Wildman–Crippen MR) is 111 cm³/mol. The SMILES string of the molecule is CC(C)CC(=O)N1Cc2ccccc2C[C@H]1C(=O)Nc1ccc2c(c1)CCC2. The zero-order valence-electron chi connectivity index (χ0n) is 16.7. The smallest absolute Gasteiger partial charge is 0.247 e. The second-order valence-electron chi connectivity index (χ2n) is 8.43. The minimum Gasteiger partial charge on any atom is -0.326 e. The van der Waals surface area contributed by atoms with E-state index in [1.165, 1.54) is 17.5 Å². The first kappa shape index (κ1) is 18.7. The van der Waals surface area contributed by atoms with Crippen molar-refractivity contribution >= 4 is 17.5 Å². The molecule has 2 aromatic carbocycles. The van der Waals surface area contributed by atoms with E-state index in [4.69, 9.17) is 0 Å². The number of rotatable bonds is 4. The molecule has 4 rings (SSSR count). The van der Waals surface area contributed by atoms with Gasteiger partial charge in [0.15, 0.2) is 0 Å². The Hall–Kier alpha value is -2.62. The van der Waals surface area contributed by atoms with Crippen molar-refractivity contribution in [2.24, 2.45) is 5.92 Å². The normalized spacial score (nSPS) is 18.0. The molecule has 4 nitrogen and oxygen atoms in total. The van der Waals surface area contributed by atoms with Gasteiger partial charge in [0.25, 0.3) is 0 Å². The number of aryl methyl sites for hydroxylation is 2. The summed E-state index contributed by atoms with van der Waals surface area (Å²) in [7, 11) is 0. The minimum atomic E-state index is -0.464. The Labute approximate surface area is 166 Å². The number of hydrogen-bond acceptors (Lipinski definition) is 2. The molecule has 0 aromatic heterocycles. The molecule has 0 saturated heterocycles. The second kappa shape index (κ2) is 7.78. The second-order valence-corrected chi connectivity index (χ2v) is 8.43. The quantitative estimate of drug-likeness (QED) is 0.873. The maximum Gasteiger partial charge on any atom is 0.247 e. The molecule has 1 heterocycles. The van der Waals surface area contributed by atoms with E-state index in [9.17, 15) is 9.59 Å². The van der Waals surface area contributed by atoms with Crippen LogP contribution >= 0.6 is 0 Å². The largest absolute Gasteiger partial charge is 0.326 e. The molecule has 0 fully saturated rings. The summed E-state index contributed by atoms with van der Waals surface area (Å²) in [5.41, 5.74) is 5.85. The van der Waals surface area contributed by atoms with E-state index in [2.05, 4.69) is 29.6 Å². The first-order valence-corrected chi connectivity index (χ1v) is 10.3. The van der Waals surface area contributed by atoms with Crippen LogP contribution in [0.25, 0.3) is 0 Å². The van der Waals surface area contributed by atoms with E-state index in [1.807, 2.05) is 32.0 Å². The Bertz CT molecular complexity index is 903. The number of amides is 2. The van der Waals surface area contributed by atoms with Gasteiger partial charge in [-0.2, -0.15) is 0 Å². The summed E-state index contributed by atoms with van der Waals surface area (Å²) < 4.78 is 0. The molecule has 2 aliphatic rings. The highest BCUT2D eigenvalue weighted by molar-refractivity contribution is 5.97. The average Bonchev–Trinajstić information content (AvgIpc) is 3.14. The van der Waals surface area contributed by atoms with Gasteiger partial charge in [-0.3, -0.25) is 9.59 Å². The number of anilines is 1. The van der Waals surface area contributed by atoms with Crippen LogP contribution in [-0.4, -0.2) is 22.8 Å². The summed E-state index contributed by atoms with van der Waals surface area (Å²) in [6.45, 7) is 4.58. The summed E-state index contributed by atoms with van der Waals surface area (Å²) in [4.78, 5) is 27.8. The molecule has 2 aromatic rings. The fourth-order valence-corrected chi connectivity index (χ4v) is 4.36. The van der Waals surface area contributed by atoms with Crippen molar-refractivity contribution in [2.75, 3.05) is 5.32 Å². The van der Waals surface area contributed by atoms with E-state index in [0.29, 0.717) is 19.4 Å². The van der Waals surface area contributed by atoms with Crippen molar-refractivity contribution in [1.29, 1.82) is 0 Å². The molecule has 28 heavy (non-hydrogen) atoms. The van der Waals surface area contributed by atoms with Crippen molar-refractivity contribution in [3.63, 3.8) is 0 Å². The molecular formula is C24H28N2O2. The van der Waals surface area contributed by atoms with Crippen molar-refractivity contribution in [3.05, 3.63) is 64.7 Å². The third-order valence-corrected chi connectivity index (χ3v) is 5.82. The minimum absolute atomic E-state index is 0.0543. The van der Waals surface area contributed by atoms with E-state index in [1.54, 1.807) is 4.90 Å². The third kappa shape index (κ3) is 3.82. The molecular weight excluding hydrogens is 348 g/mol. The Balaban J connectivity index is 1.57. The lowest BCUT2D eigenvalue weighted by Gasteiger charge is -2.36. The van der Waals surface area contributed by atoms with Gasteiger partial charge in [0.1, 0.15) is 6.04 Å². The van der Waals surface area contributed by atoms with Crippen molar-refractivity contribution in [1.82, 2.24) is 4.90 Å². The number of hydrogen-bond donors (Lipinski definition) is 1. The molecule has 0 unspecified atom stereocenters. The average molecular weight is 377 g/mol. The molecule has 0 saturated carbocycles. The number of benzene rings is 2. The van der Waals surface area contributed by atoms with Gasteiger partial charge < -0.3 is 10.2 Å². The van der Waals surface area contributed by atoms with Crippen LogP contribution in [0, 0.1) is 5.92 Å². The zero-order chi connectivity index (χ0) is 19.7. The maximum absolute atomic E-state index is 13.2. The molecule has 0 radical (unpaired) electrons. The van der Waals surface area contributed by atoms with Crippen LogP contribution in [0.5, 0.6) is 0 Å².